The van der Waals surface area contributed by atoms with Gasteiger partial charge in [0.25, 0.3) is 0 Å². The van der Waals surface area contributed by atoms with Crippen molar-refractivity contribution in [2.24, 2.45) is 10.7 Å². The second-order valence-corrected chi connectivity index (χ2v) is 5.43. The maximum Gasteiger partial charge on any atom is 0.189 e. The molecule has 128 valence electrons. The fourth-order valence-electron chi connectivity index (χ4n) is 1.95. The molecule has 0 aliphatic carbocycles. The van der Waals surface area contributed by atoms with Crippen molar-refractivity contribution in [2.75, 3.05) is 6.54 Å². The lowest BCUT2D eigenvalue weighted by molar-refractivity contribution is 0.306. The molecule has 0 radical (unpaired) electrons. The number of nitrogens with zero attached hydrogens (tertiary/aromatic N) is 1. The molecular weight excluding hydrogens is 413 g/mol. The standard InChI is InChI=1S/C19H23N3O.HI/c1-15(2)12-21-19(20)22-13-17-9-6-10-18(11-17)23-14-16-7-4-3-5-8-16;/h3-11H,1,12-14H2,2H3,(H3,20,21,22);1H. The second kappa shape index (κ2) is 10.7. The van der Waals surface area contributed by atoms with Crippen molar-refractivity contribution in [2.45, 2.75) is 20.1 Å². The maximum absolute atomic E-state index is 5.81. The summed E-state index contributed by atoms with van der Waals surface area (Å²) in [4.78, 5) is 4.31. The molecule has 0 bridgehead atoms. The van der Waals surface area contributed by atoms with Crippen LogP contribution in [0.4, 0.5) is 0 Å². The summed E-state index contributed by atoms with van der Waals surface area (Å²) in [6, 6.07) is 18.0. The topological polar surface area (TPSA) is 59.6 Å². The fourth-order valence-corrected chi connectivity index (χ4v) is 1.95. The summed E-state index contributed by atoms with van der Waals surface area (Å²) in [5.41, 5.74) is 9.02. The van der Waals surface area contributed by atoms with Gasteiger partial charge in [0.15, 0.2) is 5.96 Å². The number of halogens is 1. The van der Waals surface area contributed by atoms with Crippen LogP contribution in [0.1, 0.15) is 18.1 Å². The lowest BCUT2D eigenvalue weighted by atomic mass is 10.2. The molecule has 5 heteroatoms. The van der Waals surface area contributed by atoms with Crippen LogP contribution in [0.25, 0.3) is 0 Å². The third-order valence-electron chi connectivity index (χ3n) is 3.15. The van der Waals surface area contributed by atoms with Crippen LogP contribution in [0, 0.1) is 0 Å². The van der Waals surface area contributed by atoms with Gasteiger partial charge < -0.3 is 15.8 Å². The van der Waals surface area contributed by atoms with Gasteiger partial charge in [0.05, 0.1) is 6.54 Å². The van der Waals surface area contributed by atoms with E-state index in [1.807, 2.05) is 61.5 Å². The lowest BCUT2D eigenvalue weighted by Gasteiger charge is -2.08. The van der Waals surface area contributed by atoms with E-state index in [2.05, 4.69) is 16.9 Å². The van der Waals surface area contributed by atoms with Gasteiger partial charge in [-0.1, -0.05) is 54.6 Å². The van der Waals surface area contributed by atoms with Crippen LogP contribution < -0.4 is 15.8 Å². The molecule has 0 aromatic heterocycles. The van der Waals surface area contributed by atoms with Crippen LogP contribution in [-0.4, -0.2) is 12.5 Å². The largest absolute Gasteiger partial charge is 0.489 e. The Balaban J connectivity index is 0.00000288. The zero-order valence-electron chi connectivity index (χ0n) is 13.9. The Labute approximate surface area is 160 Å². The van der Waals surface area contributed by atoms with Gasteiger partial charge in [-0.3, -0.25) is 0 Å². The molecular formula is C19H24IN3O. The molecule has 2 rings (SSSR count). The molecule has 0 amide bonds. The Hall–Kier alpha value is -2.02. The van der Waals surface area contributed by atoms with Crippen molar-refractivity contribution < 1.29 is 4.74 Å². The van der Waals surface area contributed by atoms with Crippen molar-refractivity contribution in [1.29, 1.82) is 0 Å². The SMILES string of the molecule is C=C(C)CNC(N)=NCc1cccc(OCc2ccccc2)c1.I. The number of guanidine groups is 1. The van der Waals surface area contributed by atoms with Gasteiger partial charge in [0.1, 0.15) is 12.4 Å². The molecule has 24 heavy (non-hydrogen) atoms. The van der Waals surface area contributed by atoms with E-state index >= 15 is 0 Å². The quantitative estimate of drug-likeness (QED) is 0.299. The average molecular weight is 437 g/mol. The molecule has 0 saturated carbocycles. The van der Waals surface area contributed by atoms with Gasteiger partial charge in [-0.2, -0.15) is 0 Å². The van der Waals surface area contributed by atoms with Crippen LogP contribution in [0.2, 0.25) is 0 Å². The normalized spacial score (nSPS) is 10.6. The van der Waals surface area contributed by atoms with E-state index in [-0.39, 0.29) is 24.0 Å². The van der Waals surface area contributed by atoms with E-state index in [1.54, 1.807) is 0 Å². The number of benzene rings is 2. The summed E-state index contributed by atoms with van der Waals surface area (Å²) in [5.74, 6) is 1.25. The number of hydrogen-bond donors (Lipinski definition) is 2. The van der Waals surface area contributed by atoms with Crippen LogP contribution in [0.3, 0.4) is 0 Å². The summed E-state index contributed by atoms with van der Waals surface area (Å²) in [5, 5.41) is 3.01. The predicted octanol–water partition coefficient (Wildman–Crippen LogP) is 3.86. The Morgan fingerprint density at radius 1 is 1.12 bits per heavy atom. The summed E-state index contributed by atoms with van der Waals surface area (Å²) in [6.07, 6.45) is 0. The minimum absolute atomic E-state index is 0. The molecule has 0 spiro atoms. The zero-order valence-corrected chi connectivity index (χ0v) is 16.2. The lowest BCUT2D eigenvalue weighted by Crippen LogP contribution is -2.32. The van der Waals surface area contributed by atoms with Gasteiger partial charge in [0, 0.05) is 6.54 Å². The van der Waals surface area contributed by atoms with Gasteiger partial charge in [-0.15, -0.1) is 24.0 Å². The Kier molecular flexibility index (Phi) is 8.93. The summed E-state index contributed by atoms with van der Waals surface area (Å²) in [7, 11) is 0. The number of nitrogens with two attached hydrogens (primary N) is 1. The Bertz CT molecular complexity index is 671. The highest BCUT2D eigenvalue weighted by molar-refractivity contribution is 14.0. The molecule has 4 nitrogen and oxygen atoms in total. The molecule has 0 heterocycles. The van der Waals surface area contributed by atoms with E-state index in [0.717, 1.165) is 22.4 Å². The average Bonchev–Trinajstić information content (AvgIpc) is 2.57. The summed E-state index contributed by atoms with van der Waals surface area (Å²) in [6.45, 7) is 7.45. The van der Waals surface area contributed by atoms with Crippen molar-refractivity contribution >= 4 is 29.9 Å². The third kappa shape index (κ3) is 7.50. The number of ether oxygens (including phenoxy) is 1. The smallest absolute Gasteiger partial charge is 0.189 e. The first-order valence-corrected chi connectivity index (χ1v) is 7.57. The van der Waals surface area contributed by atoms with Gasteiger partial charge >= 0.3 is 0 Å². The van der Waals surface area contributed by atoms with Gasteiger partial charge in [-0.25, -0.2) is 4.99 Å². The minimum Gasteiger partial charge on any atom is -0.489 e. The highest BCUT2D eigenvalue weighted by atomic mass is 127. The molecule has 0 aliphatic heterocycles. The van der Waals surface area contributed by atoms with Crippen LogP contribution >= 0.6 is 24.0 Å². The number of rotatable bonds is 7. The molecule has 0 saturated heterocycles. The van der Waals surface area contributed by atoms with Crippen molar-refractivity contribution in [3.8, 4) is 5.75 Å². The minimum atomic E-state index is 0. The first-order chi connectivity index (χ1) is 11.1. The summed E-state index contributed by atoms with van der Waals surface area (Å²) < 4.78 is 5.81. The predicted molar refractivity (Wildman–Crippen MR) is 111 cm³/mol. The zero-order chi connectivity index (χ0) is 16.5. The molecule has 0 unspecified atom stereocenters. The van der Waals surface area contributed by atoms with E-state index in [4.69, 9.17) is 10.5 Å². The van der Waals surface area contributed by atoms with Crippen molar-refractivity contribution in [3.05, 3.63) is 77.9 Å². The van der Waals surface area contributed by atoms with Crippen molar-refractivity contribution in [1.82, 2.24) is 5.32 Å². The fraction of sp³-hybridized carbons (Fsp3) is 0.211. The molecule has 0 aliphatic rings. The highest BCUT2D eigenvalue weighted by Crippen LogP contribution is 2.15. The van der Waals surface area contributed by atoms with E-state index < -0.39 is 0 Å². The number of hydrogen-bond acceptors (Lipinski definition) is 2. The molecule has 0 fully saturated rings. The maximum atomic E-state index is 5.81. The summed E-state index contributed by atoms with van der Waals surface area (Å²) >= 11 is 0. The first kappa shape index (κ1) is 20.0. The monoisotopic (exact) mass is 437 g/mol. The van der Waals surface area contributed by atoms with Crippen molar-refractivity contribution in [3.63, 3.8) is 0 Å². The van der Waals surface area contributed by atoms with E-state index in [9.17, 15) is 0 Å². The van der Waals surface area contributed by atoms with Crippen LogP contribution in [-0.2, 0) is 13.2 Å². The third-order valence-corrected chi connectivity index (χ3v) is 3.15. The van der Waals surface area contributed by atoms with Gasteiger partial charge in [-0.05, 0) is 30.2 Å². The Morgan fingerprint density at radius 2 is 1.83 bits per heavy atom. The Morgan fingerprint density at radius 3 is 2.54 bits per heavy atom. The molecule has 2 aromatic rings. The second-order valence-electron chi connectivity index (χ2n) is 5.43. The number of nitrogens with one attached hydrogen (secondary N) is 1. The molecule has 0 atom stereocenters. The number of aliphatic imine (C=N–C) groups is 1. The van der Waals surface area contributed by atoms with Gasteiger partial charge in [0.2, 0.25) is 0 Å². The van der Waals surface area contributed by atoms with Crippen LogP contribution in [0.15, 0.2) is 71.7 Å². The first-order valence-electron chi connectivity index (χ1n) is 7.57. The highest BCUT2D eigenvalue weighted by Gasteiger charge is 1.99. The van der Waals surface area contributed by atoms with Crippen LogP contribution in [0.5, 0.6) is 5.75 Å². The molecule has 2 aromatic carbocycles. The molecule has 3 N–H and O–H groups in total. The van der Waals surface area contributed by atoms with E-state index in [1.165, 1.54) is 0 Å². The van der Waals surface area contributed by atoms with E-state index in [0.29, 0.717) is 25.7 Å².